The van der Waals surface area contributed by atoms with Crippen LogP contribution in [0.2, 0.25) is 0 Å². The Balaban J connectivity index is 1.43. The fourth-order valence-corrected chi connectivity index (χ4v) is 4.14. The van der Waals surface area contributed by atoms with E-state index < -0.39 is 0 Å². The summed E-state index contributed by atoms with van der Waals surface area (Å²) in [5.41, 5.74) is 2.37. The summed E-state index contributed by atoms with van der Waals surface area (Å²) in [5, 5.41) is 5.58. The Bertz CT molecular complexity index is 1050. The molecule has 162 valence electrons. The highest BCUT2D eigenvalue weighted by molar-refractivity contribution is 5.99. The molecule has 3 aromatic rings. The maximum absolute atomic E-state index is 12.6. The van der Waals surface area contributed by atoms with Gasteiger partial charge in [0.1, 0.15) is 5.75 Å². The van der Waals surface area contributed by atoms with Gasteiger partial charge >= 0.3 is 0 Å². The molecule has 0 aliphatic heterocycles. The number of nitrogens with one attached hydrogen (secondary N) is 2. The van der Waals surface area contributed by atoms with Crippen LogP contribution >= 0.6 is 0 Å². The van der Waals surface area contributed by atoms with Crippen molar-refractivity contribution >= 4 is 28.8 Å². The number of carbonyl (C=O) groups is 2. The van der Waals surface area contributed by atoms with Crippen molar-refractivity contribution in [2.45, 2.75) is 45.1 Å². The molecule has 0 radical (unpaired) electrons. The molecule has 0 atom stereocenters. The van der Waals surface area contributed by atoms with Crippen LogP contribution in [-0.4, -0.2) is 34.5 Å². The summed E-state index contributed by atoms with van der Waals surface area (Å²) in [6, 6.07) is 15.1. The van der Waals surface area contributed by atoms with Gasteiger partial charge in [0, 0.05) is 11.6 Å². The Hall–Kier alpha value is -3.35. The van der Waals surface area contributed by atoms with Gasteiger partial charge < -0.3 is 14.6 Å². The zero-order valence-corrected chi connectivity index (χ0v) is 17.8. The van der Waals surface area contributed by atoms with Crippen LogP contribution < -0.4 is 15.4 Å². The number of benzene rings is 2. The van der Waals surface area contributed by atoms with E-state index >= 15 is 0 Å². The molecule has 31 heavy (non-hydrogen) atoms. The van der Waals surface area contributed by atoms with Crippen LogP contribution in [0.25, 0.3) is 11.0 Å². The molecular weight excluding hydrogens is 392 g/mol. The first-order chi connectivity index (χ1) is 15.2. The summed E-state index contributed by atoms with van der Waals surface area (Å²) >= 11 is 0. The van der Waals surface area contributed by atoms with Crippen molar-refractivity contribution in [3.63, 3.8) is 0 Å². The summed E-state index contributed by atoms with van der Waals surface area (Å²) in [6.45, 7) is 2.35. The van der Waals surface area contributed by atoms with Crippen molar-refractivity contribution in [1.82, 2.24) is 14.9 Å². The Morgan fingerprint density at radius 1 is 1.06 bits per heavy atom. The zero-order valence-electron chi connectivity index (χ0n) is 17.8. The standard InChI is InChI=1S/C24H28N4O3/c1-2-31-19-14-12-17(13-15-19)23(30)25-16-22(29)27-24-26-20-10-6-7-11-21(20)28(24)18-8-4-3-5-9-18/h6-7,10-15,18H,2-5,8-9,16H2,1H3,(H,25,30)(H,26,27,29). The lowest BCUT2D eigenvalue weighted by Crippen LogP contribution is -2.33. The minimum atomic E-state index is -0.306. The third kappa shape index (κ3) is 4.87. The third-order valence-electron chi connectivity index (χ3n) is 5.62. The molecule has 2 aromatic carbocycles. The molecule has 1 saturated carbocycles. The monoisotopic (exact) mass is 420 g/mol. The van der Waals surface area contributed by atoms with E-state index in [1.165, 1.54) is 19.3 Å². The lowest BCUT2D eigenvalue weighted by molar-refractivity contribution is -0.115. The molecule has 7 nitrogen and oxygen atoms in total. The zero-order chi connectivity index (χ0) is 21.6. The fraction of sp³-hybridized carbons (Fsp3) is 0.375. The van der Waals surface area contributed by atoms with Crippen molar-refractivity contribution in [2.24, 2.45) is 0 Å². The van der Waals surface area contributed by atoms with Gasteiger partial charge in [-0.15, -0.1) is 0 Å². The van der Waals surface area contributed by atoms with Crippen LogP contribution in [0.15, 0.2) is 48.5 Å². The van der Waals surface area contributed by atoms with E-state index in [1.54, 1.807) is 24.3 Å². The first-order valence-electron chi connectivity index (χ1n) is 10.9. The van der Waals surface area contributed by atoms with Crippen molar-refractivity contribution < 1.29 is 14.3 Å². The van der Waals surface area contributed by atoms with Crippen LogP contribution in [-0.2, 0) is 4.79 Å². The predicted molar refractivity (Wildman–Crippen MR) is 120 cm³/mol. The molecule has 2 amide bonds. The molecule has 1 aromatic heterocycles. The highest BCUT2D eigenvalue weighted by atomic mass is 16.5. The van der Waals surface area contributed by atoms with Gasteiger partial charge in [-0.1, -0.05) is 31.4 Å². The quantitative estimate of drug-likeness (QED) is 0.596. The summed E-state index contributed by atoms with van der Waals surface area (Å²) in [7, 11) is 0. The topological polar surface area (TPSA) is 85.2 Å². The normalized spacial score (nSPS) is 14.4. The van der Waals surface area contributed by atoms with Gasteiger partial charge in [0.2, 0.25) is 11.9 Å². The van der Waals surface area contributed by atoms with E-state index in [0.717, 1.165) is 23.9 Å². The number of hydrogen-bond donors (Lipinski definition) is 2. The predicted octanol–water partition coefficient (Wildman–Crippen LogP) is 4.31. The molecule has 1 heterocycles. The van der Waals surface area contributed by atoms with Crippen molar-refractivity contribution in [1.29, 1.82) is 0 Å². The maximum Gasteiger partial charge on any atom is 0.251 e. The van der Waals surface area contributed by atoms with Crippen LogP contribution in [0.5, 0.6) is 5.75 Å². The van der Waals surface area contributed by atoms with Crippen molar-refractivity contribution in [3.8, 4) is 5.75 Å². The molecule has 1 fully saturated rings. The van der Waals surface area contributed by atoms with Gasteiger partial charge in [-0.3, -0.25) is 14.9 Å². The molecule has 2 N–H and O–H groups in total. The summed E-state index contributed by atoms with van der Waals surface area (Å²) < 4.78 is 7.54. The number of amides is 2. The Morgan fingerprint density at radius 2 is 1.81 bits per heavy atom. The Kier molecular flexibility index (Phi) is 6.50. The first-order valence-corrected chi connectivity index (χ1v) is 10.9. The van der Waals surface area contributed by atoms with Gasteiger partial charge in [0.15, 0.2) is 0 Å². The number of imidazole rings is 1. The molecule has 0 spiro atoms. The average molecular weight is 421 g/mol. The minimum absolute atomic E-state index is 0.125. The Labute approximate surface area is 181 Å². The van der Waals surface area contributed by atoms with Crippen LogP contribution in [0.3, 0.4) is 0 Å². The van der Waals surface area contributed by atoms with E-state index in [-0.39, 0.29) is 18.4 Å². The number of fused-ring (bicyclic) bond motifs is 1. The first kappa shape index (κ1) is 20.9. The van der Waals surface area contributed by atoms with Gasteiger partial charge in [0.25, 0.3) is 5.91 Å². The molecule has 0 bridgehead atoms. The Morgan fingerprint density at radius 3 is 2.55 bits per heavy atom. The van der Waals surface area contributed by atoms with E-state index in [0.29, 0.717) is 29.9 Å². The molecule has 0 saturated heterocycles. The second-order valence-electron chi connectivity index (χ2n) is 7.77. The number of rotatable bonds is 7. The van der Waals surface area contributed by atoms with Crippen LogP contribution in [0, 0.1) is 0 Å². The van der Waals surface area contributed by atoms with Gasteiger partial charge in [-0.05, 0) is 56.2 Å². The van der Waals surface area contributed by atoms with E-state index in [9.17, 15) is 9.59 Å². The smallest absolute Gasteiger partial charge is 0.251 e. The lowest BCUT2D eigenvalue weighted by Gasteiger charge is -2.25. The van der Waals surface area contributed by atoms with E-state index in [4.69, 9.17) is 4.74 Å². The van der Waals surface area contributed by atoms with Gasteiger partial charge in [0.05, 0.1) is 24.2 Å². The number of nitrogens with zero attached hydrogens (tertiary/aromatic N) is 2. The third-order valence-corrected chi connectivity index (χ3v) is 5.62. The average Bonchev–Trinajstić information content (AvgIpc) is 3.16. The lowest BCUT2D eigenvalue weighted by atomic mass is 9.95. The molecule has 7 heteroatoms. The second-order valence-corrected chi connectivity index (χ2v) is 7.77. The van der Waals surface area contributed by atoms with Crippen LogP contribution in [0.4, 0.5) is 5.95 Å². The molecule has 1 aliphatic rings. The molecular formula is C24H28N4O3. The summed E-state index contributed by atoms with van der Waals surface area (Å²) in [4.78, 5) is 29.6. The largest absolute Gasteiger partial charge is 0.494 e. The fourth-order valence-electron chi connectivity index (χ4n) is 4.14. The van der Waals surface area contributed by atoms with E-state index in [1.807, 2.05) is 31.2 Å². The molecule has 1 aliphatic carbocycles. The SMILES string of the molecule is CCOc1ccc(C(=O)NCC(=O)Nc2nc3ccccc3n2C2CCCCC2)cc1. The second kappa shape index (κ2) is 9.64. The summed E-state index contributed by atoms with van der Waals surface area (Å²) in [5.74, 6) is 0.650. The van der Waals surface area contributed by atoms with Gasteiger partial charge in [-0.25, -0.2) is 4.98 Å². The minimum Gasteiger partial charge on any atom is -0.494 e. The number of para-hydroxylation sites is 2. The van der Waals surface area contributed by atoms with Crippen molar-refractivity contribution in [3.05, 3.63) is 54.1 Å². The summed E-state index contributed by atoms with van der Waals surface area (Å²) in [6.07, 6.45) is 5.78. The van der Waals surface area contributed by atoms with Crippen LogP contribution in [0.1, 0.15) is 55.4 Å². The number of carbonyl (C=O) groups excluding carboxylic acids is 2. The molecule has 0 unspecified atom stereocenters. The number of aromatic nitrogens is 2. The highest BCUT2D eigenvalue weighted by Gasteiger charge is 2.22. The van der Waals surface area contributed by atoms with E-state index in [2.05, 4.69) is 20.2 Å². The van der Waals surface area contributed by atoms with Gasteiger partial charge in [-0.2, -0.15) is 0 Å². The number of hydrogen-bond acceptors (Lipinski definition) is 4. The number of ether oxygens (including phenoxy) is 1. The molecule has 4 rings (SSSR count). The van der Waals surface area contributed by atoms with Crippen molar-refractivity contribution in [2.75, 3.05) is 18.5 Å². The maximum atomic E-state index is 12.6. The highest BCUT2D eigenvalue weighted by Crippen LogP contribution is 2.34. The number of anilines is 1.